The van der Waals surface area contributed by atoms with E-state index in [2.05, 4.69) is 25.3 Å². The molecule has 8 aromatic rings. The molecular weight excluding hydrogens is 840 g/mol. The van der Waals surface area contributed by atoms with Gasteiger partial charge in [-0.15, -0.1) is 0 Å². The number of hydrogen-bond acceptors (Lipinski definition) is 9. The number of nitrogens with two attached hydrogens (primary N) is 1. The first kappa shape index (κ1) is 44.0. The standard InChI is InChI=1S/C22H16Cl2FN3O.C9H7NO.C7H4Cl2O.C6H7FN2/c1-12-9-19(27-11-18(12)25)28-21(15-7-5-14(23)10-17(15)24)16-6-4-13-3-2-8-26-20(13)22(16)29;11-8-5-1-3-7-4-2-6-10-9(7)8;8-6-2-1-5(4-10)7(9)3-6;1-4-2-6(8)9-3-5(4)7/h2-11,21,29H,1H3,(H,27,28);1-6,11H;1-4H;2-3H,1H3,(H2,8,9). The summed E-state index contributed by atoms with van der Waals surface area (Å²) in [5, 5.41) is 27.1. The molecule has 0 saturated carbocycles. The number of phenols is 2. The number of phenolic OH excluding ortho intramolecular Hbond substituents is 2. The molecule has 59 heavy (non-hydrogen) atoms. The van der Waals surface area contributed by atoms with E-state index in [-0.39, 0.29) is 17.3 Å². The summed E-state index contributed by atoms with van der Waals surface area (Å²) in [5.74, 6) is 0.362. The molecule has 0 aliphatic carbocycles. The minimum absolute atomic E-state index is 0.0328. The Hall–Kier alpha value is -6.11. The molecule has 4 aromatic carbocycles. The molecular formula is C44H34Cl4F2N6O3. The zero-order chi connectivity index (χ0) is 42.6. The number of aryl methyl sites for hydroxylation is 2. The zero-order valence-electron chi connectivity index (χ0n) is 31.2. The van der Waals surface area contributed by atoms with Gasteiger partial charge in [-0.1, -0.05) is 88.9 Å². The molecule has 1 unspecified atom stereocenters. The number of hydrogen-bond donors (Lipinski definition) is 4. The summed E-state index contributed by atoms with van der Waals surface area (Å²) in [6, 6.07) is 28.9. The third-order valence-electron chi connectivity index (χ3n) is 8.47. The Morgan fingerprint density at radius 1 is 0.661 bits per heavy atom. The maximum absolute atomic E-state index is 13.7. The lowest BCUT2D eigenvalue weighted by molar-refractivity contribution is 0.112. The van der Waals surface area contributed by atoms with Gasteiger partial charge in [-0.3, -0.25) is 14.8 Å². The summed E-state index contributed by atoms with van der Waals surface area (Å²) >= 11 is 23.7. The van der Waals surface area contributed by atoms with Crippen LogP contribution in [0.4, 0.5) is 20.4 Å². The highest BCUT2D eigenvalue weighted by atomic mass is 35.5. The Morgan fingerprint density at radius 2 is 1.24 bits per heavy atom. The number of carbonyl (C=O) groups is 1. The summed E-state index contributed by atoms with van der Waals surface area (Å²) in [6.45, 7) is 3.30. The highest BCUT2D eigenvalue weighted by Crippen LogP contribution is 2.39. The Labute approximate surface area is 358 Å². The van der Waals surface area contributed by atoms with Crippen molar-refractivity contribution >= 4 is 86.1 Å². The number of aromatic hydroxyl groups is 2. The maximum Gasteiger partial charge on any atom is 0.151 e. The molecule has 8 rings (SSSR count). The zero-order valence-corrected chi connectivity index (χ0v) is 34.2. The van der Waals surface area contributed by atoms with Crippen LogP contribution in [0.3, 0.4) is 0 Å². The number of nitrogens with zero attached hydrogens (tertiary/aromatic N) is 4. The van der Waals surface area contributed by atoms with Gasteiger partial charge in [0.25, 0.3) is 0 Å². The number of rotatable bonds is 5. The molecule has 0 bridgehead atoms. The van der Waals surface area contributed by atoms with Crippen LogP contribution in [0.25, 0.3) is 21.8 Å². The van der Waals surface area contributed by atoms with Crippen LogP contribution in [0.15, 0.2) is 128 Å². The number of halogens is 6. The van der Waals surface area contributed by atoms with Crippen LogP contribution in [-0.2, 0) is 0 Å². The molecule has 0 amide bonds. The number of aromatic nitrogens is 4. The lowest BCUT2D eigenvalue weighted by atomic mass is 9.96. The first-order valence-electron chi connectivity index (χ1n) is 17.5. The normalized spacial score (nSPS) is 10.9. The lowest BCUT2D eigenvalue weighted by Gasteiger charge is -2.23. The van der Waals surface area contributed by atoms with Crippen LogP contribution < -0.4 is 11.1 Å². The van der Waals surface area contributed by atoms with Crippen molar-refractivity contribution in [3.8, 4) is 11.5 Å². The van der Waals surface area contributed by atoms with Crippen molar-refractivity contribution in [2.75, 3.05) is 11.1 Å². The van der Waals surface area contributed by atoms with E-state index >= 15 is 0 Å². The molecule has 0 aliphatic heterocycles. The smallest absolute Gasteiger partial charge is 0.151 e. The average Bonchev–Trinajstić information content (AvgIpc) is 3.21. The fourth-order valence-corrected chi connectivity index (χ4v) is 6.42. The molecule has 4 heterocycles. The minimum Gasteiger partial charge on any atom is -0.506 e. The number of benzene rings is 4. The fraction of sp³-hybridized carbons (Fsp3) is 0.0682. The number of nitrogen functional groups attached to an aromatic ring is 1. The Bertz CT molecular complexity index is 2740. The summed E-state index contributed by atoms with van der Waals surface area (Å²) in [4.78, 5) is 26.2. The minimum atomic E-state index is -0.566. The third-order valence-corrected chi connectivity index (χ3v) is 9.60. The van der Waals surface area contributed by atoms with E-state index in [1.807, 2.05) is 30.3 Å². The molecule has 0 fully saturated rings. The van der Waals surface area contributed by atoms with E-state index in [0.717, 1.165) is 23.2 Å². The van der Waals surface area contributed by atoms with E-state index < -0.39 is 11.9 Å². The monoisotopic (exact) mass is 872 g/mol. The molecule has 0 spiro atoms. The third kappa shape index (κ3) is 11.7. The predicted molar refractivity (Wildman–Crippen MR) is 233 cm³/mol. The number of para-hydroxylation sites is 1. The molecule has 9 nitrogen and oxygen atoms in total. The van der Waals surface area contributed by atoms with E-state index in [9.17, 15) is 23.8 Å². The largest absolute Gasteiger partial charge is 0.506 e. The molecule has 300 valence electrons. The summed E-state index contributed by atoms with van der Waals surface area (Å²) in [6.07, 6.45) is 6.25. The van der Waals surface area contributed by atoms with E-state index in [1.54, 1.807) is 86.9 Å². The Kier molecular flexibility index (Phi) is 15.3. The van der Waals surface area contributed by atoms with Crippen LogP contribution in [0.1, 0.15) is 38.7 Å². The molecule has 0 aliphatic rings. The van der Waals surface area contributed by atoms with E-state index in [0.29, 0.717) is 76.9 Å². The first-order chi connectivity index (χ1) is 28.2. The van der Waals surface area contributed by atoms with Gasteiger partial charge in [-0.05, 0) is 91.2 Å². The predicted octanol–water partition coefficient (Wildman–Crippen LogP) is 12.1. The number of aldehydes is 1. The summed E-state index contributed by atoms with van der Waals surface area (Å²) in [5.41, 5.74) is 9.08. The Morgan fingerprint density at radius 3 is 1.83 bits per heavy atom. The lowest BCUT2D eigenvalue weighted by Crippen LogP contribution is -2.14. The quantitative estimate of drug-likeness (QED) is 0.124. The Balaban J connectivity index is 0.000000179. The van der Waals surface area contributed by atoms with Crippen molar-refractivity contribution in [1.82, 2.24) is 19.9 Å². The van der Waals surface area contributed by atoms with Gasteiger partial charge < -0.3 is 21.3 Å². The van der Waals surface area contributed by atoms with Crippen LogP contribution in [0, 0.1) is 25.5 Å². The van der Waals surface area contributed by atoms with Gasteiger partial charge in [0.2, 0.25) is 0 Å². The summed E-state index contributed by atoms with van der Waals surface area (Å²) < 4.78 is 26.0. The van der Waals surface area contributed by atoms with Gasteiger partial charge in [0.1, 0.15) is 45.8 Å². The molecule has 15 heteroatoms. The number of pyridine rings is 4. The van der Waals surface area contributed by atoms with Gasteiger partial charge in [0, 0.05) is 49.4 Å². The van der Waals surface area contributed by atoms with Crippen molar-refractivity contribution in [3.63, 3.8) is 0 Å². The van der Waals surface area contributed by atoms with Crippen molar-refractivity contribution < 1.29 is 23.8 Å². The van der Waals surface area contributed by atoms with Crippen LogP contribution in [0.5, 0.6) is 11.5 Å². The molecule has 1 atom stereocenters. The SMILES string of the molecule is Cc1cc(N)ncc1F.Cc1cc(NC(c2ccc(Cl)cc2Cl)c2ccc3cccnc3c2O)ncc1F.O=Cc1ccc(Cl)cc1Cl.Oc1cccc2cccnc12. The topological polar surface area (TPSA) is 147 Å². The van der Waals surface area contributed by atoms with Gasteiger partial charge in [0.15, 0.2) is 6.29 Å². The second-order valence-electron chi connectivity index (χ2n) is 12.6. The first-order valence-corrected chi connectivity index (χ1v) is 19.0. The fourth-order valence-electron chi connectivity index (χ4n) is 5.45. The summed E-state index contributed by atoms with van der Waals surface area (Å²) in [7, 11) is 0. The highest BCUT2D eigenvalue weighted by molar-refractivity contribution is 6.36. The second-order valence-corrected chi connectivity index (χ2v) is 14.3. The van der Waals surface area contributed by atoms with Crippen molar-refractivity contribution in [1.29, 1.82) is 0 Å². The van der Waals surface area contributed by atoms with Gasteiger partial charge in [-0.2, -0.15) is 0 Å². The molecule has 0 saturated heterocycles. The van der Waals surface area contributed by atoms with E-state index in [4.69, 9.17) is 52.1 Å². The van der Waals surface area contributed by atoms with Gasteiger partial charge >= 0.3 is 0 Å². The molecule has 5 N–H and O–H groups in total. The highest BCUT2D eigenvalue weighted by Gasteiger charge is 2.23. The molecule has 4 aromatic heterocycles. The number of carbonyl (C=O) groups excluding carboxylic acids is 1. The van der Waals surface area contributed by atoms with Gasteiger partial charge in [-0.25, -0.2) is 18.7 Å². The maximum atomic E-state index is 13.7. The number of nitrogens with one attached hydrogen (secondary N) is 1. The van der Waals surface area contributed by atoms with Crippen LogP contribution in [0.2, 0.25) is 20.1 Å². The van der Waals surface area contributed by atoms with Gasteiger partial charge in [0.05, 0.1) is 23.5 Å². The number of anilines is 2. The van der Waals surface area contributed by atoms with Crippen LogP contribution >= 0.6 is 46.4 Å². The van der Waals surface area contributed by atoms with Crippen molar-refractivity contribution in [2.45, 2.75) is 19.9 Å². The van der Waals surface area contributed by atoms with E-state index in [1.165, 1.54) is 12.1 Å². The number of fused-ring (bicyclic) bond motifs is 2. The van der Waals surface area contributed by atoms with Crippen LogP contribution in [-0.4, -0.2) is 36.4 Å². The van der Waals surface area contributed by atoms with Crippen molar-refractivity contribution in [2.24, 2.45) is 0 Å². The second kappa shape index (κ2) is 20.5. The molecule has 0 radical (unpaired) electrons. The average molecular weight is 875 g/mol. The van der Waals surface area contributed by atoms with Crippen molar-refractivity contribution in [3.05, 3.63) is 187 Å².